The fourth-order valence-corrected chi connectivity index (χ4v) is 2.57. The van der Waals surface area contributed by atoms with Gasteiger partial charge in [-0.15, -0.1) is 0 Å². The number of benzene rings is 1. The highest BCUT2D eigenvalue weighted by Crippen LogP contribution is 2.28. The number of anilines is 1. The Labute approximate surface area is 106 Å². The van der Waals surface area contributed by atoms with Crippen LogP contribution in [0, 0.1) is 12.7 Å². The molecule has 2 atom stereocenters. The van der Waals surface area contributed by atoms with Gasteiger partial charge >= 0.3 is 0 Å². The van der Waals surface area contributed by atoms with Gasteiger partial charge in [-0.05, 0) is 37.5 Å². The largest absolute Gasteiger partial charge is 0.379 e. The first-order chi connectivity index (χ1) is 8.08. The first-order valence-corrected chi connectivity index (χ1v) is 6.43. The molecule has 0 spiro atoms. The van der Waals surface area contributed by atoms with E-state index in [1.165, 1.54) is 12.5 Å². The highest BCUT2D eigenvalue weighted by Gasteiger charge is 2.22. The maximum atomic E-state index is 13.5. The summed E-state index contributed by atoms with van der Waals surface area (Å²) < 4.78 is 13.5. The highest BCUT2D eigenvalue weighted by molar-refractivity contribution is 6.33. The summed E-state index contributed by atoms with van der Waals surface area (Å²) in [5, 5.41) is 3.83. The van der Waals surface area contributed by atoms with Crippen molar-refractivity contribution < 1.29 is 4.39 Å². The van der Waals surface area contributed by atoms with Crippen LogP contribution in [-0.4, -0.2) is 12.1 Å². The third-order valence-corrected chi connectivity index (χ3v) is 3.72. The molecule has 4 heteroatoms. The van der Waals surface area contributed by atoms with Gasteiger partial charge in [-0.25, -0.2) is 4.39 Å². The molecule has 0 radical (unpaired) electrons. The van der Waals surface area contributed by atoms with Crippen LogP contribution < -0.4 is 11.1 Å². The molecule has 17 heavy (non-hydrogen) atoms. The number of nitrogens with one attached hydrogen (secondary N) is 1. The van der Waals surface area contributed by atoms with Gasteiger partial charge < -0.3 is 11.1 Å². The molecule has 0 saturated heterocycles. The van der Waals surface area contributed by atoms with Crippen LogP contribution in [0.3, 0.4) is 0 Å². The smallest absolute Gasteiger partial charge is 0.128 e. The van der Waals surface area contributed by atoms with Crippen LogP contribution in [0.4, 0.5) is 10.1 Å². The van der Waals surface area contributed by atoms with E-state index < -0.39 is 0 Å². The predicted molar refractivity (Wildman–Crippen MR) is 70.0 cm³/mol. The second-order valence-electron chi connectivity index (χ2n) is 4.78. The van der Waals surface area contributed by atoms with Crippen LogP contribution in [0.2, 0.25) is 5.02 Å². The molecule has 94 valence electrons. The quantitative estimate of drug-likeness (QED) is 0.850. The number of halogens is 2. The average molecular weight is 257 g/mol. The van der Waals surface area contributed by atoms with Gasteiger partial charge in [0.05, 0.1) is 10.7 Å². The van der Waals surface area contributed by atoms with Crippen molar-refractivity contribution in [2.24, 2.45) is 5.73 Å². The third kappa shape index (κ3) is 2.90. The molecular weight excluding hydrogens is 239 g/mol. The van der Waals surface area contributed by atoms with E-state index in [0.29, 0.717) is 16.3 Å². The maximum absolute atomic E-state index is 13.5. The minimum atomic E-state index is -0.235. The Hall–Kier alpha value is -0.800. The Morgan fingerprint density at radius 3 is 2.76 bits per heavy atom. The lowest BCUT2D eigenvalue weighted by Crippen LogP contribution is -2.42. The molecule has 0 aliphatic heterocycles. The Morgan fingerprint density at radius 2 is 2.06 bits per heavy atom. The summed E-state index contributed by atoms with van der Waals surface area (Å²) >= 11 is 6.10. The lowest BCUT2D eigenvalue weighted by Gasteiger charge is -2.30. The summed E-state index contributed by atoms with van der Waals surface area (Å²) in [5.74, 6) is -0.235. The first-order valence-electron chi connectivity index (χ1n) is 6.05. The number of rotatable bonds is 2. The van der Waals surface area contributed by atoms with Crippen LogP contribution in [0.15, 0.2) is 12.1 Å². The summed E-state index contributed by atoms with van der Waals surface area (Å²) in [6, 6.07) is 3.43. The summed E-state index contributed by atoms with van der Waals surface area (Å²) in [6.07, 6.45) is 4.38. The normalized spacial score (nSPS) is 24.7. The molecule has 0 amide bonds. The average Bonchev–Trinajstić information content (AvgIpc) is 2.29. The molecule has 2 nitrogen and oxygen atoms in total. The van der Waals surface area contributed by atoms with E-state index in [4.69, 9.17) is 17.3 Å². The minimum Gasteiger partial charge on any atom is -0.379 e. The molecule has 0 bridgehead atoms. The second kappa shape index (κ2) is 5.23. The first kappa shape index (κ1) is 12.7. The Kier molecular flexibility index (Phi) is 3.89. The summed E-state index contributed by atoms with van der Waals surface area (Å²) in [6.45, 7) is 1.71. The molecule has 1 saturated carbocycles. The zero-order valence-electron chi connectivity index (χ0n) is 9.97. The molecule has 3 N–H and O–H groups in total. The Balaban J connectivity index is 2.15. The van der Waals surface area contributed by atoms with Crippen molar-refractivity contribution in [3.8, 4) is 0 Å². The van der Waals surface area contributed by atoms with Crippen molar-refractivity contribution in [2.45, 2.75) is 44.7 Å². The Morgan fingerprint density at radius 1 is 1.35 bits per heavy atom. The van der Waals surface area contributed by atoms with Crippen molar-refractivity contribution in [2.75, 3.05) is 5.32 Å². The molecule has 0 aromatic heterocycles. The Bertz CT molecular complexity index is 409. The summed E-state index contributed by atoms with van der Waals surface area (Å²) in [4.78, 5) is 0. The maximum Gasteiger partial charge on any atom is 0.128 e. The van der Waals surface area contributed by atoms with Crippen molar-refractivity contribution in [1.29, 1.82) is 0 Å². The van der Waals surface area contributed by atoms with Gasteiger partial charge in [-0.1, -0.05) is 24.4 Å². The van der Waals surface area contributed by atoms with Gasteiger partial charge in [0.25, 0.3) is 0 Å². The lowest BCUT2D eigenvalue weighted by molar-refractivity contribution is 0.404. The van der Waals surface area contributed by atoms with Crippen LogP contribution in [0.5, 0.6) is 0 Å². The standard InChI is InChI=1S/C13H18ClFN2/c1-8-6-9(14)13(7-10(8)15)17-12-5-3-2-4-11(12)16/h6-7,11-12,17H,2-5,16H2,1H3. The van der Waals surface area contributed by atoms with Gasteiger partial charge in [0.2, 0.25) is 0 Å². The van der Waals surface area contributed by atoms with E-state index in [1.807, 2.05) is 0 Å². The molecular formula is C13H18ClFN2. The minimum absolute atomic E-state index is 0.129. The molecule has 2 unspecified atom stereocenters. The van der Waals surface area contributed by atoms with Gasteiger partial charge in [0.1, 0.15) is 5.82 Å². The van der Waals surface area contributed by atoms with Gasteiger partial charge in [-0.3, -0.25) is 0 Å². The van der Waals surface area contributed by atoms with E-state index in [-0.39, 0.29) is 17.9 Å². The van der Waals surface area contributed by atoms with E-state index in [0.717, 1.165) is 19.3 Å². The van der Waals surface area contributed by atoms with E-state index in [9.17, 15) is 4.39 Å². The number of aryl methyl sites for hydroxylation is 1. The zero-order chi connectivity index (χ0) is 12.4. The van der Waals surface area contributed by atoms with Crippen LogP contribution >= 0.6 is 11.6 Å². The SMILES string of the molecule is Cc1cc(Cl)c(NC2CCCCC2N)cc1F. The van der Waals surface area contributed by atoms with Crippen LogP contribution in [0.25, 0.3) is 0 Å². The summed E-state index contributed by atoms with van der Waals surface area (Å²) in [7, 11) is 0. The van der Waals surface area contributed by atoms with Gasteiger partial charge in [0.15, 0.2) is 0 Å². The fraction of sp³-hybridized carbons (Fsp3) is 0.538. The predicted octanol–water partition coefficient (Wildman–Crippen LogP) is 3.47. The van der Waals surface area contributed by atoms with E-state index in [1.54, 1.807) is 13.0 Å². The second-order valence-corrected chi connectivity index (χ2v) is 5.19. The molecule has 2 rings (SSSR count). The molecule has 0 heterocycles. The van der Waals surface area contributed by atoms with E-state index >= 15 is 0 Å². The van der Waals surface area contributed by atoms with Crippen LogP contribution in [-0.2, 0) is 0 Å². The number of hydrogen-bond donors (Lipinski definition) is 2. The highest BCUT2D eigenvalue weighted by atomic mass is 35.5. The van der Waals surface area contributed by atoms with Crippen molar-refractivity contribution in [3.05, 3.63) is 28.5 Å². The molecule has 1 aliphatic carbocycles. The van der Waals surface area contributed by atoms with Gasteiger partial charge in [-0.2, -0.15) is 0 Å². The lowest BCUT2D eigenvalue weighted by atomic mass is 9.91. The number of nitrogens with two attached hydrogens (primary N) is 1. The molecule has 1 aromatic carbocycles. The molecule has 1 aromatic rings. The monoisotopic (exact) mass is 256 g/mol. The molecule has 1 fully saturated rings. The molecule has 1 aliphatic rings. The fourth-order valence-electron chi connectivity index (χ4n) is 2.30. The van der Waals surface area contributed by atoms with Crippen molar-refractivity contribution >= 4 is 17.3 Å². The van der Waals surface area contributed by atoms with Gasteiger partial charge in [0, 0.05) is 12.1 Å². The van der Waals surface area contributed by atoms with E-state index in [2.05, 4.69) is 5.32 Å². The van der Waals surface area contributed by atoms with Crippen molar-refractivity contribution in [1.82, 2.24) is 0 Å². The zero-order valence-corrected chi connectivity index (χ0v) is 10.7. The summed E-state index contributed by atoms with van der Waals surface area (Å²) in [5.41, 5.74) is 7.26. The van der Waals surface area contributed by atoms with Crippen molar-refractivity contribution in [3.63, 3.8) is 0 Å². The van der Waals surface area contributed by atoms with Crippen LogP contribution in [0.1, 0.15) is 31.2 Å². The number of hydrogen-bond acceptors (Lipinski definition) is 2. The third-order valence-electron chi connectivity index (χ3n) is 3.41. The topological polar surface area (TPSA) is 38.0 Å².